The zero-order valence-corrected chi connectivity index (χ0v) is 12.3. The highest BCUT2D eigenvalue weighted by atomic mass is 16.5. The lowest BCUT2D eigenvalue weighted by molar-refractivity contribution is -0.0242. The van der Waals surface area contributed by atoms with Gasteiger partial charge in [-0.15, -0.1) is 0 Å². The predicted octanol–water partition coefficient (Wildman–Crippen LogP) is 3.76. The topological polar surface area (TPSA) is 46.5 Å². The van der Waals surface area contributed by atoms with Crippen molar-refractivity contribution in [3.8, 4) is 5.75 Å². The Hall–Kier alpha value is -1.51. The summed E-state index contributed by atoms with van der Waals surface area (Å²) in [5, 5.41) is 9.27. The highest BCUT2D eigenvalue weighted by molar-refractivity contribution is 5.89. The van der Waals surface area contributed by atoms with Gasteiger partial charge in [-0.1, -0.05) is 20.8 Å². The first-order valence-electron chi connectivity index (χ1n) is 7.34. The summed E-state index contributed by atoms with van der Waals surface area (Å²) in [7, 11) is 0. The molecule has 0 aromatic heterocycles. The Morgan fingerprint density at radius 1 is 1.25 bits per heavy atom. The number of fused-ring (bicyclic) bond motifs is 2. The predicted molar refractivity (Wildman–Crippen MR) is 76.5 cm³/mol. The van der Waals surface area contributed by atoms with Gasteiger partial charge in [-0.05, 0) is 54.9 Å². The van der Waals surface area contributed by atoms with Crippen LogP contribution < -0.4 is 0 Å². The van der Waals surface area contributed by atoms with Gasteiger partial charge in [0, 0.05) is 5.41 Å². The number of aromatic hydroxyl groups is 1. The second-order valence-corrected chi connectivity index (χ2v) is 7.05. The lowest BCUT2D eigenvalue weighted by Crippen LogP contribution is -2.38. The number of phenolic OH excluding ortho intramolecular Hbond substituents is 1. The summed E-state index contributed by atoms with van der Waals surface area (Å²) in [6.45, 7) is 6.87. The molecule has 0 amide bonds. The van der Waals surface area contributed by atoms with Gasteiger partial charge in [0.15, 0.2) is 0 Å². The molecule has 3 heteroatoms. The van der Waals surface area contributed by atoms with Crippen molar-refractivity contribution in [1.29, 1.82) is 0 Å². The average molecular weight is 274 g/mol. The molecule has 3 rings (SSSR count). The summed E-state index contributed by atoms with van der Waals surface area (Å²) in [5.41, 5.74) is 0.837. The Morgan fingerprint density at radius 3 is 2.40 bits per heavy atom. The number of benzene rings is 1. The van der Waals surface area contributed by atoms with E-state index >= 15 is 0 Å². The molecular weight excluding hydrogens is 252 g/mol. The summed E-state index contributed by atoms with van der Waals surface area (Å²) >= 11 is 0. The lowest BCUT2D eigenvalue weighted by atomic mass is 9.70. The van der Waals surface area contributed by atoms with Gasteiger partial charge in [-0.2, -0.15) is 0 Å². The molecule has 3 nitrogen and oxygen atoms in total. The average Bonchev–Trinajstić information content (AvgIpc) is 2.72. The van der Waals surface area contributed by atoms with E-state index < -0.39 is 0 Å². The maximum atomic E-state index is 12.2. The Bertz CT molecular complexity index is 532. The number of esters is 1. The van der Waals surface area contributed by atoms with Gasteiger partial charge in [0.05, 0.1) is 5.56 Å². The number of ether oxygens (including phenoxy) is 1. The van der Waals surface area contributed by atoms with Gasteiger partial charge in [0.2, 0.25) is 0 Å². The van der Waals surface area contributed by atoms with Crippen LogP contribution in [0.2, 0.25) is 0 Å². The zero-order chi connectivity index (χ0) is 14.5. The Morgan fingerprint density at radius 2 is 1.90 bits per heavy atom. The van der Waals surface area contributed by atoms with Crippen LogP contribution in [0.25, 0.3) is 0 Å². The van der Waals surface area contributed by atoms with E-state index in [0.717, 1.165) is 12.8 Å². The minimum absolute atomic E-state index is 0.0116. The molecule has 1 N–H and O–H groups in total. The van der Waals surface area contributed by atoms with E-state index in [4.69, 9.17) is 4.74 Å². The van der Waals surface area contributed by atoms with Gasteiger partial charge in [-0.25, -0.2) is 4.79 Å². The first-order valence-corrected chi connectivity index (χ1v) is 7.34. The molecule has 0 saturated heterocycles. The van der Waals surface area contributed by atoms with Gasteiger partial charge >= 0.3 is 5.97 Å². The van der Waals surface area contributed by atoms with Crippen molar-refractivity contribution in [2.45, 2.75) is 46.1 Å². The molecule has 0 spiro atoms. The van der Waals surface area contributed by atoms with Crippen LogP contribution in [0.15, 0.2) is 24.3 Å². The molecular formula is C17H22O3. The van der Waals surface area contributed by atoms with E-state index in [1.807, 2.05) is 0 Å². The third-order valence-electron chi connectivity index (χ3n) is 6.07. The molecule has 2 aliphatic rings. The van der Waals surface area contributed by atoms with Crippen molar-refractivity contribution < 1.29 is 14.6 Å². The lowest BCUT2D eigenvalue weighted by Gasteiger charge is -2.38. The zero-order valence-electron chi connectivity index (χ0n) is 12.3. The number of hydrogen-bond acceptors (Lipinski definition) is 3. The summed E-state index contributed by atoms with van der Waals surface area (Å²) < 4.78 is 5.79. The minimum Gasteiger partial charge on any atom is -0.508 e. The highest BCUT2D eigenvalue weighted by Gasteiger charge is 2.62. The fourth-order valence-electron chi connectivity index (χ4n) is 4.10. The molecule has 0 aliphatic heterocycles. The Kier molecular flexibility index (Phi) is 2.86. The van der Waals surface area contributed by atoms with E-state index in [1.165, 1.54) is 18.6 Å². The third-order valence-corrected chi connectivity index (χ3v) is 6.07. The second kappa shape index (κ2) is 4.24. The summed E-state index contributed by atoms with van der Waals surface area (Å²) in [4.78, 5) is 12.2. The van der Waals surface area contributed by atoms with Crippen LogP contribution in [0.3, 0.4) is 0 Å². The number of rotatable bonds is 2. The number of carbonyl (C=O) groups is 1. The fraction of sp³-hybridized carbons (Fsp3) is 0.588. The smallest absolute Gasteiger partial charge is 0.338 e. The van der Waals surface area contributed by atoms with Gasteiger partial charge in [0.25, 0.3) is 0 Å². The maximum Gasteiger partial charge on any atom is 0.338 e. The third kappa shape index (κ3) is 1.75. The van der Waals surface area contributed by atoms with Crippen molar-refractivity contribution in [2.24, 2.45) is 16.7 Å². The fourth-order valence-corrected chi connectivity index (χ4v) is 4.10. The van der Waals surface area contributed by atoms with Crippen LogP contribution in [-0.2, 0) is 4.74 Å². The normalized spacial score (nSPS) is 34.1. The molecule has 3 atom stereocenters. The summed E-state index contributed by atoms with van der Waals surface area (Å²) in [6.07, 6.45) is 3.37. The molecule has 2 saturated carbocycles. The van der Waals surface area contributed by atoms with Crippen LogP contribution in [0.5, 0.6) is 5.75 Å². The van der Waals surface area contributed by atoms with Gasteiger partial charge in [-0.3, -0.25) is 0 Å². The first-order chi connectivity index (χ1) is 9.34. The summed E-state index contributed by atoms with van der Waals surface area (Å²) in [5.74, 6) is 0.541. The Labute approximate surface area is 120 Å². The van der Waals surface area contributed by atoms with Crippen molar-refractivity contribution in [3.63, 3.8) is 0 Å². The highest BCUT2D eigenvalue weighted by Crippen LogP contribution is 2.66. The monoisotopic (exact) mass is 274 g/mol. The molecule has 1 aromatic carbocycles. The molecule has 0 heterocycles. The van der Waals surface area contributed by atoms with Crippen LogP contribution in [-0.4, -0.2) is 17.2 Å². The van der Waals surface area contributed by atoms with Crippen molar-refractivity contribution in [1.82, 2.24) is 0 Å². The van der Waals surface area contributed by atoms with Gasteiger partial charge in [0.1, 0.15) is 11.9 Å². The van der Waals surface area contributed by atoms with Crippen LogP contribution in [0.4, 0.5) is 0 Å². The van der Waals surface area contributed by atoms with Crippen molar-refractivity contribution >= 4 is 5.97 Å². The molecule has 1 aromatic rings. The molecule has 20 heavy (non-hydrogen) atoms. The summed E-state index contributed by atoms with van der Waals surface area (Å²) in [6, 6.07) is 6.25. The van der Waals surface area contributed by atoms with E-state index in [9.17, 15) is 9.90 Å². The van der Waals surface area contributed by atoms with Crippen LogP contribution in [0, 0.1) is 16.7 Å². The molecule has 108 valence electrons. The second-order valence-electron chi connectivity index (χ2n) is 7.05. The standard InChI is InChI=1S/C17H22O3/c1-16(2)12-8-9-17(16,3)14(10-12)20-15(19)11-4-6-13(18)7-5-11/h4-7,12,14,18H,8-10H2,1-3H3/t12-,14+,17+/m1/s1. The van der Waals surface area contributed by atoms with E-state index in [2.05, 4.69) is 20.8 Å². The van der Waals surface area contributed by atoms with Crippen LogP contribution >= 0.6 is 0 Å². The minimum atomic E-state index is -0.278. The largest absolute Gasteiger partial charge is 0.508 e. The SMILES string of the molecule is CC1(C)[C@@H]2CC[C@@]1(C)[C@@H](OC(=O)c1ccc(O)cc1)C2. The molecule has 2 fully saturated rings. The van der Waals surface area contributed by atoms with E-state index in [-0.39, 0.29) is 28.7 Å². The van der Waals surface area contributed by atoms with E-state index in [0.29, 0.717) is 11.5 Å². The first kappa shape index (κ1) is 13.5. The quantitative estimate of drug-likeness (QED) is 0.835. The van der Waals surface area contributed by atoms with Crippen LogP contribution in [0.1, 0.15) is 50.4 Å². The molecule has 0 unspecified atom stereocenters. The van der Waals surface area contributed by atoms with Crippen molar-refractivity contribution in [3.05, 3.63) is 29.8 Å². The number of hydrogen-bond donors (Lipinski definition) is 1. The molecule has 2 aliphatic carbocycles. The van der Waals surface area contributed by atoms with E-state index in [1.54, 1.807) is 12.1 Å². The number of phenols is 1. The molecule has 2 bridgehead atoms. The maximum absolute atomic E-state index is 12.2. The Balaban J connectivity index is 1.76. The van der Waals surface area contributed by atoms with Gasteiger partial charge < -0.3 is 9.84 Å². The van der Waals surface area contributed by atoms with Crippen molar-refractivity contribution in [2.75, 3.05) is 0 Å². The number of carbonyl (C=O) groups excluding carboxylic acids is 1. The molecule has 0 radical (unpaired) electrons.